The van der Waals surface area contributed by atoms with E-state index in [1.54, 1.807) is 24.3 Å². The Hall–Kier alpha value is -2.18. The Morgan fingerprint density at radius 1 is 1.04 bits per heavy atom. The first-order chi connectivity index (χ1) is 11.1. The molecule has 0 aromatic heterocycles. The van der Waals surface area contributed by atoms with Crippen LogP contribution < -0.4 is 4.72 Å². The van der Waals surface area contributed by atoms with Gasteiger partial charge in [-0.1, -0.05) is 42.5 Å². The van der Waals surface area contributed by atoms with E-state index < -0.39 is 10.0 Å². The van der Waals surface area contributed by atoms with E-state index >= 15 is 0 Å². The molecule has 6 heteroatoms. The van der Waals surface area contributed by atoms with Crippen LogP contribution in [0.15, 0.2) is 64.5 Å². The highest BCUT2D eigenvalue weighted by atomic mass is 32.2. The number of aliphatic hydroxyl groups is 1. The second-order valence-electron chi connectivity index (χ2n) is 5.41. The number of rotatable bonds is 5. The normalized spacial score (nSPS) is 18.4. The molecular weight excluding hydrogens is 312 g/mol. The molecular formula is C17H18N2O3S. The summed E-state index contributed by atoms with van der Waals surface area (Å²) in [7, 11) is -3.51. The van der Waals surface area contributed by atoms with Crippen LogP contribution in [0.5, 0.6) is 0 Å². The first kappa shape index (κ1) is 15.7. The second-order valence-corrected chi connectivity index (χ2v) is 7.06. The van der Waals surface area contributed by atoms with Crippen LogP contribution in [0.25, 0.3) is 0 Å². The van der Waals surface area contributed by atoms with Crippen LogP contribution in [0.4, 0.5) is 0 Å². The molecule has 2 aromatic carbocycles. The molecule has 120 valence electrons. The minimum atomic E-state index is -3.51. The lowest BCUT2D eigenvalue weighted by Gasteiger charge is -2.14. The van der Waals surface area contributed by atoms with Crippen molar-refractivity contribution in [2.75, 3.05) is 13.2 Å². The summed E-state index contributed by atoms with van der Waals surface area (Å²) in [6, 6.07) is 16.6. The number of benzene rings is 2. The maximum Gasteiger partial charge on any atom is 0.263 e. The fourth-order valence-electron chi connectivity index (χ4n) is 2.70. The zero-order chi connectivity index (χ0) is 16.3. The molecule has 2 N–H and O–H groups in total. The summed E-state index contributed by atoms with van der Waals surface area (Å²) in [6.45, 7) is 0.476. The number of hydrogen-bond donors (Lipinski definition) is 2. The molecule has 0 aliphatic carbocycles. The van der Waals surface area contributed by atoms with Crippen molar-refractivity contribution in [2.24, 2.45) is 4.99 Å². The molecule has 0 saturated carbocycles. The Labute approximate surface area is 135 Å². The Morgan fingerprint density at radius 3 is 2.48 bits per heavy atom. The molecule has 23 heavy (non-hydrogen) atoms. The van der Waals surface area contributed by atoms with Crippen molar-refractivity contribution in [3.05, 3.63) is 65.7 Å². The third-order valence-electron chi connectivity index (χ3n) is 3.88. The summed E-state index contributed by atoms with van der Waals surface area (Å²) in [5, 5.41) is 9.27. The zero-order valence-corrected chi connectivity index (χ0v) is 13.3. The first-order valence-corrected chi connectivity index (χ1v) is 8.92. The van der Waals surface area contributed by atoms with Crippen molar-refractivity contribution in [2.45, 2.75) is 17.2 Å². The highest BCUT2D eigenvalue weighted by Gasteiger charge is 2.30. The number of nitrogens with one attached hydrogen (secondary N) is 1. The Morgan fingerprint density at radius 2 is 1.74 bits per heavy atom. The van der Waals surface area contributed by atoms with E-state index in [1.165, 1.54) is 0 Å². The van der Waals surface area contributed by atoms with E-state index in [0.29, 0.717) is 24.4 Å². The number of fused-ring (bicyclic) bond motifs is 1. The lowest BCUT2D eigenvalue weighted by molar-refractivity contribution is 0.276. The molecule has 2 aromatic rings. The molecule has 0 amide bonds. The molecule has 5 nitrogen and oxygen atoms in total. The minimum Gasteiger partial charge on any atom is -0.396 e. The molecule has 0 bridgehead atoms. The zero-order valence-electron chi connectivity index (χ0n) is 12.5. The fourth-order valence-corrected chi connectivity index (χ4v) is 3.95. The van der Waals surface area contributed by atoms with Crippen LogP contribution in [-0.4, -0.2) is 32.5 Å². The average molecular weight is 330 g/mol. The van der Waals surface area contributed by atoms with Crippen LogP contribution in [0.2, 0.25) is 0 Å². The van der Waals surface area contributed by atoms with Gasteiger partial charge in [-0.3, -0.25) is 9.71 Å². The highest BCUT2D eigenvalue weighted by Crippen LogP contribution is 2.24. The fraction of sp³-hybridized carbons (Fsp3) is 0.235. The minimum absolute atomic E-state index is 0.0472. The van der Waals surface area contributed by atoms with Gasteiger partial charge >= 0.3 is 0 Å². The SMILES string of the molecule is O=S1(=O)NC(=NCC(CCO)c2ccccc2)c2ccccc21. The second kappa shape index (κ2) is 6.52. The maximum atomic E-state index is 12.1. The van der Waals surface area contributed by atoms with E-state index in [4.69, 9.17) is 0 Å². The van der Waals surface area contributed by atoms with Gasteiger partial charge in [0.25, 0.3) is 10.0 Å². The van der Waals surface area contributed by atoms with Crippen LogP contribution in [0.3, 0.4) is 0 Å². The summed E-state index contributed by atoms with van der Waals surface area (Å²) in [5.41, 5.74) is 1.68. The van der Waals surface area contributed by atoms with Gasteiger partial charge in [-0.15, -0.1) is 0 Å². The predicted molar refractivity (Wildman–Crippen MR) is 89.1 cm³/mol. The van der Waals surface area contributed by atoms with E-state index in [2.05, 4.69) is 9.71 Å². The third-order valence-corrected chi connectivity index (χ3v) is 5.28. The molecule has 0 spiro atoms. The number of sulfonamides is 1. The van der Waals surface area contributed by atoms with E-state index in [1.807, 2.05) is 30.3 Å². The smallest absolute Gasteiger partial charge is 0.263 e. The van der Waals surface area contributed by atoms with Gasteiger partial charge in [0.15, 0.2) is 0 Å². The Balaban J connectivity index is 1.87. The van der Waals surface area contributed by atoms with Crippen LogP contribution in [0, 0.1) is 0 Å². The van der Waals surface area contributed by atoms with Crippen molar-refractivity contribution in [3.8, 4) is 0 Å². The van der Waals surface area contributed by atoms with Crippen LogP contribution in [0.1, 0.15) is 23.5 Å². The molecule has 1 aliphatic rings. The van der Waals surface area contributed by atoms with Crippen LogP contribution >= 0.6 is 0 Å². The monoisotopic (exact) mass is 330 g/mol. The first-order valence-electron chi connectivity index (χ1n) is 7.44. The molecule has 1 heterocycles. The van der Waals surface area contributed by atoms with Gasteiger partial charge in [-0.25, -0.2) is 8.42 Å². The quantitative estimate of drug-likeness (QED) is 0.879. The largest absolute Gasteiger partial charge is 0.396 e. The Bertz CT molecular complexity index is 817. The Kier molecular flexibility index (Phi) is 4.45. The average Bonchev–Trinajstić information content (AvgIpc) is 2.84. The number of aliphatic imine (C=N–C) groups is 1. The van der Waals surface area contributed by atoms with E-state index in [9.17, 15) is 13.5 Å². The highest BCUT2D eigenvalue weighted by molar-refractivity contribution is 7.90. The van der Waals surface area contributed by atoms with Gasteiger partial charge in [-0.05, 0) is 24.1 Å². The number of amidine groups is 1. The molecule has 1 atom stereocenters. The molecule has 1 unspecified atom stereocenters. The van der Waals surface area contributed by atoms with E-state index in [0.717, 1.165) is 5.56 Å². The summed E-state index contributed by atoms with van der Waals surface area (Å²) < 4.78 is 26.6. The molecule has 0 radical (unpaired) electrons. The summed E-state index contributed by atoms with van der Waals surface area (Å²) in [6.07, 6.45) is 0.579. The number of nitrogens with zero attached hydrogens (tertiary/aromatic N) is 1. The summed E-state index contributed by atoms with van der Waals surface area (Å²) in [4.78, 5) is 4.73. The number of aliphatic hydroxyl groups excluding tert-OH is 1. The van der Waals surface area contributed by atoms with Gasteiger partial charge in [0.2, 0.25) is 0 Å². The topological polar surface area (TPSA) is 78.8 Å². The third kappa shape index (κ3) is 3.28. The van der Waals surface area contributed by atoms with Gasteiger partial charge in [0.05, 0.1) is 4.90 Å². The lowest BCUT2D eigenvalue weighted by atomic mass is 9.96. The molecule has 3 rings (SSSR count). The van der Waals surface area contributed by atoms with Gasteiger partial charge in [0.1, 0.15) is 5.84 Å². The summed E-state index contributed by atoms with van der Waals surface area (Å²) in [5.74, 6) is 0.422. The molecule has 1 aliphatic heterocycles. The standard InChI is InChI=1S/C17H18N2O3S/c20-11-10-14(13-6-2-1-3-7-13)12-18-17-15-8-4-5-9-16(15)23(21,22)19-17/h1-9,14,20H,10-12H2,(H,18,19). The van der Waals surface area contributed by atoms with Crippen molar-refractivity contribution >= 4 is 15.9 Å². The lowest BCUT2D eigenvalue weighted by Crippen LogP contribution is -2.23. The number of hydrogen-bond acceptors (Lipinski definition) is 4. The van der Waals surface area contributed by atoms with Crippen molar-refractivity contribution in [3.63, 3.8) is 0 Å². The predicted octanol–water partition coefficient (Wildman–Crippen LogP) is 1.89. The van der Waals surface area contributed by atoms with E-state index in [-0.39, 0.29) is 17.4 Å². The van der Waals surface area contributed by atoms with Gasteiger partial charge in [-0.2, -0.15) is 0 Å². The van der Waals surface area contributed by atoms with Crippen molar-refractivity contribution < 1.29 is 13.5 Å². The molecule has 0 fully saturated rings. The van der Waals surface area contributed by atoms with Gasteiger partial charge in [0, 0.05) is 24.6 Å². The van der Waals surface area contributed by atoms with Crippen molar-refractivity contribution in [1.82, 2.24) is 4.72 Å². The van der Waals surface area contributed by atoms with Crippen LogP contribution in [-0.2, 0) is 10.0 Å². The maximum absolute atomic E-state index is 12.1. The molecule has 0 saturated heterocycles. The summed E-state index contributed by atoms with van der Waals surface area (Å²) >= 11 is 0. The van der Waals surface area contributed by atoms with Crippen molar-refractivity contribution in [1.29, 1.82) is 0 Å². The van der Waals surface area contributed by atoms with Gasteiger partial charge < -0.3 is 5.11 Å².